The minimum Gasteiger partial charge on any atom is -0.354 e. The van der Waals surface area contributed by atoms with Gasteiger partial charge in [-0.15, -0.1) is 0 Å². The number of hydrogen-bond donors (Lipinski definition) is 2. The fraction of sp³-hybridized carbons (Fsp3) is 0.217. The molecule has 5 nitrogen and oxygen atoms in total. The Morgan fingerprint density at radius 1 is 1.13 bits per heavy atom. The second kappa shape index (κ2) is 9.04. The molecule has 154 valence electrons. The van der Waals surface area contributed by atoms with Crippen molar-refractivity contribution < 1.29 is 4.79 Å². The van der Waals surface area contributed by atoms with E-state index in [1.165, 1.54) is 6.08 Å². The lowest BCUT2D eigenvalue weighted by molar-refractivity contribution is -0.111. The van der Waals surface area contributed by atoms with Crippen LogP contribution in [0, 0.1) is 6.92 Å². The standard InChI is InChI=1S/C23H22Cl2N4O/c1-15-12-22(29-10-8-26-9-11-29)28-21-6-5-18(14-19(15)21)27-23(30)7-3-16-2-4-17(24)13-20(16)25/h2-7,12-14,26H,8-11H2,1H3,(H,27,30). The Bertz CT molecular complexity index is 1120. The van der Waals surface area contributed by atoms with E-state index in [0.717, 1.165) is 59.7 Å². The Balaban J connectivity index is 1.51. The lowest BCUT2D eigenvalue weighted by Gasteiger charge is -2.29. The second-order valence-electron chi connectivity index (χ2n) is 7.25. The minimum absolute atomic E-state index is 0.233. The summed E-state index contributed by atoms with van der Waals surface area (Å²) in [4.78, 5) is 19.5. The summed E-state index contributed by atoms with van der Waals surface area (Å²) in [6, 6.07) is 13.0. The molecule has 1 aliphatic rings. The predicted octanol–water partition coefficient (Wildman–Crippen LogP) is 4.91. The molecule has 2 heterocycles. The molecule has 2 N–H and O–H groups in total. The van der Waals surface area contributed by atoms with Gasteiger partial charge in [-0.25, -0.2) is 4.98 Å². The van der Waals surface area contributed by atoms with E-state index in [1.807, 2.05) is 18.2 Å². The average Bonchev–Trinajstić information content (AvgIpc) is 2.74. The summed E-state index contributed by atoms with van der Waals surface area (Å²) >= 11 is 12.0. The molecule has 0 atom stereocenters. The number of hydrogen-bond acceptors (Lipinski definition) is 4. The zero-order valence-corrected chi connectivity index (χ0v) is 18.1. The van der Waals surface area contributed by atoms with Crippen molar-refractivity contribution in [1.29, 1.82) is 0 Å². The Labute approximate surface area is 185 Å². The Morgan fingerprint density at radius 2 is 1.93 bits per heavy atom. The van der Waals surface area contributed by atoms with Crippen LogP contribution in [0.25, 0.3) is 17.0 Å². The third kappa shape index (κ3) is 4.75. The van der Waals surface area contributed by atoms with Gasteiger partial charge in [0.1, 0.15) is 5.82 Å². The van der Waals surface area contributed by atoms with Crippen LogP contribution in [-0.4, -0.2) is 37.1 Å². The first-order chi connectivity index (χ1) is 14.5. The van der Waals surface area contributed by atoms with E-state index >= 15 is 0 Å². The number of anilines is 2. The van der Waals surface area contributed by atoms with Crippen LogP contribution in [0.5, 0.6) is 0 Å². The van der Waals surface area contributed by atoms with E-state index in [0.29, 0.717) is 10.0 Å². The Kier molecular flexibility index (Phi) is 6.23. The van der Waals surface area contributed by atoms with Gasteiger partial charge in [0.15, 0.2) is 0 Å². The zero-order chi connectivity index (χ0) is 21.1. The van der Waals surface area contributed by atoms with Gasteiger partial charge in [-0.05, 0) is 60.5 Å². The molecule has 1 aromatic heterocycles. The first-order valence-electron chi connectivity index (χ1n) is 9.81. The quantitative estimate of drug-likeness (QED) is 0.565. The van der Waals surface area contributed by atoms with Gasteiger partial charge >= 0.3 is 0 Å². The van der Waals surface area contributed by atoms with Gasteiger partial charge in [-0.3, -0.25) is 4.79 Å². The van der Waals surface area contributed by atoms with Crippen molar-refractivity contribution in [2.75, 3.05) is 36.4 Å². The number of carbonyl (C=O) groups is 1. The number of aryl methyl sites for hydroxylation is 1. The van der Waals surface area contributed by atoms with Crippen LogP contribution in [0.3, 0.4) is 0 Å². The molecule has 30 heavy (non-hydrogen) atoms. The fourth-order valence-electron chi connectivity index (χ4n) is 3.50. The molecule has 1 amide bonds. The highest BCUT2D eigenvalue weighted by Gasteiger charge is 2.13. The molecule has 0 saturated carbocycles. The molecule has 4 rings (SSSR count). The summed E-state index contributed by atoms with van der Waals surface area (Å²) in [5.74, 6) is 0.768. The van der Waals surface area contributed by atoms with E-state index in [-0.39, 0.29) is 5.91 Å². The van der Waals surface area contributed by atoms with Crippen molar-refractivity contribution in [3.05, 3.63) is 69.7 Å². The van der Waals surface area contributed by atoms with Crippen molar-refractivity contribution in [2.45, 2.75) is 6.92 Å². The van der Waals surface area contributed by atoms with Gasteiger partial charge < -0.3 is 15.5 Å². The Hall–Kier alpha value is -2.60. The summed E-state index contributed by atoms with van der Waals surface area (Å²) in [6.07, 6.45) is 3.12. The van der Waals surface area contributed by atoms with Gasteiger partial charge in [0.25, 0.3) is 0 Å². The molecule has 1 fully saturated rings. The maximum Gasteiger partial charge on any atom is 0.248 e. The third-order valence-electron chi connectivity index (χ3n) is 5.09. The number of halogens is 2. The number of nitrogens with one attached hydrogen (secondary N) is 2. The predicted molar refractivity (Wildman–Crippen MR) is 126 cm³/mol. The van der Waals surface area contributed by atoms with Crippen molar-refractivity contribution in [2.24, 2.45) is 0 Å². The molecule has 0 radical (unpaired) electrons. The van der Waals surface area contributed by atoms with Crippen molar-refractivity contribution >= 4 is 57.6 Å². The van der Waals surface area contributed by atoms with Crippen molar-refractivity contribution in [3.8, 4) is 0 Å². The maximum absolute atomic E-state index is 12.4. The molecule has 7 heteroatoms. The first-order valence-corrected chi connectivity index (χ1v) is 10.6. The summed E-state index contributed by atoms with van der Waals surface area (Å²) < 4.78 is 0. The molecule has 1 aliphatic heterocycles. The average molecular weight is 441 g/mol. The van der Waals surface area contributed by atoms with Crippen LogP contribution in [0.1, 0.15) is 11.1 Å². The molecule has 2 aromatic carbocycles. The van der Waals surface area contributed by atoms with Crippen LogP contribution >= 0.6 is 23.2 Å². The van der Waals surface area contributed by atoms with Crippen LogP contribution in [0.4, 0.5) is 11.5 Å². The third-order valence-corrected chi connectivity index (χ3v) is 5.65. The number of amides is 1. The number of aromatic nitrogens is 1. The van der Waals surface area contributed by atoms with E-state index in [1.54, 1.807) is 24.3 Å². The fourth-order valence-corrected chi connectivity index (χ4v) is 3.97. The molecular weight excluding hydrogens is 419 g/mol. The van der Waals surface area contributed by atoms with Crippen molar-refractivity contribution in [3.63, 3.8) is 0 Å². The lowest BCUT2D eigenvalue weighted by atomic mass is 10.1. The highest BCUT2D eigenvalue weighted by atomic mass is 35.5. The SMILES string of the molecule is Cc1cc(N2CCNCC2)nc2ccc(NC(=O)C=Cc3ccc(Cl)cc3Cl)cc12. The highest BCUT2D eigenvalue weighted by molar-refractivity contribution is 6.35. The van der Waals surface area contributed by atoms with Gasteiger partial charge in [0, 0.05) is 53.4 Å². The molecule has 0 bridgehead atoms. The molecule has 3 aromatic rings. The molecule has 0 spiro atoms. The number of rotatable bonds is 4. The van der Waals surface area contributed by atoms with Gasteiger partial charge in [0.2, 0.25) is 5.91 Å². The first kappa shape index (κ1) is 20.7. The van der Waals surface area contributed by atoms with E-state index < -0.39 is 0 Å². The van der Waals surface area contributed by atoms with E-state index in [2.05, 4.69) is 28.5 Å². The number of fused-ring (bicyclic) bond motifs is 1. The largest absolute Gasteiger partial charge is 0.354 e. The number of pyridine rings is 1. The highest BCUT2D eigenvalue weighted by Crippen LogP contribution is 2.26. The summed E-state index contributed by atoms with van der Waals surface area (Å²) in [6.45, 7) is 5.92. The summed E-state index contributed by atoms with van der Waals surface area (Å²) in [5, 5.41) is 8.34. The Morgan fingerprint density at radius 3 is 2.70 bits per heavy atom. The summed E-state index contributed by atoms with van der Waals surface area (Å²) in [5.41, 5.74) is 3.51. The number of piperazine rings is 1. The number of nitrogens with zero attached hydrogens (tertiary/aromatic N) is 2. The maximum atomic E-state index is 12.4. The number of carbonyl (C=O) groups excluding carboxylic acids is 1. The minimum atomic E-state index is -0.233. The molecule has 1 saturated heterocycles. The smallest absolute Gasteiger partial charge is 0.248 e. The van der Waals surface area contributed by atoms with Crippen LogP contribution < -0.4 is 15.5 Å². The zero-order valence-electron chi connectivity index (χ0n) is 16.6. The normalized spacial score (nSPS) is 14.4. The summed E-state index contributed by atoms with van der Waals surface area (Å²) in [7, 11) is 0. The second-order valence-corrected chi connectivity index (χ2v) is 8.10. The molecular formula is C23H22Cl2N4O. The van der Waals surface area contributed by atoms with Crippen LogP contribution in [-0.2, 0) is 4.79 Å². The van der Waals surface area contributed by atoms with Gasteiger partial charge in [-0.1, -0.05) is 29.3 Å². The van der Waals surface area contributed by atoms with Gasteiger partial charge in [-0.2, -0.15) is 0 Å². The van der Waals surface area contributed by atoms with Crippen LogP contribution in [0.2, 0.25) is 10.0 Å². The molecule has 0 aliphatic carbocycles. The van der Waals surface area contributed by atoms with Crippen molar-refractivity contribution in [1.82, 2.24) is 10.3 Å². The van der Waals surface area contributed by atoms with Gasteiger partial charge in [0.05, 0.1) is 5.52 Å². The number of benzene rings is 2. The lowest BCUT2D eigenvalue weighted by Crippen LogP contribution is -2.43. The monoisotopic (exact) mass is 440 g/mol. The van der Waals surface area contributed by atoms with E-state index in [9.17, 15) is 4.79 Å². The van der Waals surface area contributed by atoms with E-state index in [4.69, 9.17) is 28.2 Å². The molecule has 0 unspecified atom stereocenters. The topological polar surface area (TPSA) is 57.3 Å². The van der Waals surface area contributed by atoms with Crippen LogP contribution in [0.15, 0.2) is 48.5 Å².